The van der Waals surface area contributed by atoms with Crippen LogP contribution in [0.4, 0.5) is 4.79 Å². The highest BCUT2D eigenvalue weighted by Gasteiger charge is 2.14. The Morgan fingerprint density at radius 1 is 1.00 bits per heavy atom. The first kappa shape index (κ1) is 19.2. The fourth-order valence-electron chi connectivity index (χ4n) is 2.55. The van der Waals surface area contributed by atoms with Gasteiger partial charge in [0.15, 0.2) is 0 Å². The van der Waals surface area contributed by atoms with Gasteiger partial charge in [-0.25, -0.2) is 4.79 Å². The van der Waals surface area contributed by atoms with Crippen LogP contribution in [0.15, 0.2) is 67.3 Å². The minimum absolute atomic E-state index is 0.0556. The molecule has 2 N–H and O–H groups in total. The molecule has 2 aromatic carbocycles. The van der Waals surface area contributed by atoms with Crippen molar-refractivity contribution in [2.75, 3.05) is 19.7 Å². The number of amides is 2. The van der Waals surface area contributed by atoms with Crippen molar-refractivity contribution in [2.45, 2.75) is 12.8 Å². The number of hydrogen-bond donors (Lipinski definition) is 2. The number of hydrogen-bond acceptors (Lipinski definition) is 3. The maximum Gasteiger partial charge on any atom is 0.407 e. The zero-order valence-corrected chi connectivity index (χ0v) is 14.9. The Balaban J connectivity index is 2.07. The van der Waals surface area contributed by atoms with Gasteiger partial charge in [0.05, 0.1) is 0 Å². The third-order valence-corrected chi connectivity index (χ3v) is 3.91. The number of benzene rings is 2. The largest absolute Gasteiger partial charge is 0.445 e. The van der Waals surface area contributed by atoms with Crippen molar-refractivity contribution in [1.82, 2.24) is 10.6 Å². The Kier molecular flexibility index (Phi) is 7.43. The standard InChI is InChI=1S/C21H24N2O3/c1-3-13-26-21(25)23-15-20(14-22-16(2)24)19-11-9-18(10-12-19)17-7-5-4-6-8-17/h3-12,20H,1,13-15H2,2H3,(H,22,24)(H,23,25). The summed E-state index contributed by atoms with van der Waals surface area (Å²) in [7, 11) is 0. The summed E-state index contributed by atoms with van der Waals surface area (Å²) in [5.41, 5.74) is 3.29. The van der Waals surface area contributed by atoms with E-state index in [1.807, 2.05) is 42.5 Å². The maximum atomic E-state index is 11.6. The molecule has 0 aliphatic rings. The molecule has 1 atom stereocenters. The minimum Gasteiger partial charge on any atom is -0.445 e. The zero-order valence-electron chi connectivity index (χ0n) is 14.9. The van der Waals surface area contributed by atoms with E-state index in [0.29, 0.717) is 13.1 Å². The smallest absolute Gasteiger partial charge is 0.407 e. The molecule has 0 saturated heterocycles. The normalized spacial score (nSPS) is 11.3. The number of alkyl carbamates (subject to hydrolysis) is 1. The van der Waals surface area contributed by atoms with E-state index in [1.165, 1.54) is 13.0 Å². The summed E-state index contributed by atoms with van der Waals surface area (Å²) >= 11 is 0. The molecule has 5 heteroatoms. The van der Waals surface area contributed by atoms with Crippen molar-refractivity contribution in [1.29, 1.82) is 0 Å². The Bertz CT molecular complexity index is 727. The molecule has 0 fully saturated rings. The topological polar surface area (TPSA) is 67.4 Å². The predicted molar refractivity (Wildman–Crippen MR) is 103 cm³/mol. The van der Waals surface area contributed by atoms with Crippen LogP contribution in [0.3, 0.4) is 0 Å². The van der Waals surface area contributed by atoms with E-state index in [2.05, 4.69) is 29.3 Å². The van der Waals surface area contributed by atoms with Gasteiger partial charge in [0.2, 0.25) is 5.91 Å². The average molecular weight is 352 g/mol. The van der Waals surface area contributed by atoms with E-state index in [4.69, 9.17) is 4.74 Å². The van der Waals surface area contributed by atoms with Gasteiger partial charge in [-0.15, -0.1) is 0 Å². The van der Waals surface area contributed by atoms with E-state index < -0.39 is 6.09 Å². The molecule has 5 nitrogen and oxygen atoms in total. The summed E-state index contributed by atoms with van der Waals surface area (Å²) in [5, 5.41) is 5.54. The molecule has 0 radical (unpaired) electrons. The first-order chi connectivity index (χ1) is 12.6. The first-order valence-electron chi connectivity index (χ1n) is 8.51. The van der Waals surface area contributed by atoms with Gasteiger partial charge in [0.25, 0.3) is 0 Å². The van der Waals surface area contributed by atoms with Crippen LogP contribution >= 0.6 is 0 Å². The number of carbonyl (C=O) groups is 2. The summed E-state index contributed by atoms with van der Waals surface area (Å²) in [6, 6.07) is 18.2. The predicted octanol–water partition coefficient (Wildman–Crippen LogP) is 3.49. The molecular weight excluding hydrogens is 328 g/mol. The van der Waals surface area contributed by atoms with Crippen LogP contribution in [-0.4, -0.2) is 31.7 Å². The lowest BCUT2D eigenvalue weighted by molar-refractivity contribution is -0.119. The van der Waals surface area contributed by atoms with E-state index in [9.17, 15) is 9.59 Å². The lowest BCUT2D eigenvalue weighted by atomic mass is 9.96. The Hall–Kier alpha value is -3.08. The molecule has 0 aromatic heterocycles. The summed E-state index contributed by atoms with van der Waals surface area (Å²) in [5.74, 6) is -0.162. The Morgan fingerprint density at radius 2 is 1.62 bits per heavy atom. The van der Waals surface area contributed by atoms with Crippen LogP contribution in [0.5, 0.6) is 0 Å². The van der Waals surface area contributed by atoms with Gasteiger partial charge >= 0.3 is 6.09 Å². The van der Waals surface area contributed by atoms with Gasteiger partial charge < -0.3 is 15.4 Å². The molecule has 2 rings (SSSR count). The maximum absolute atomic E-state index is 11.6. The van der Waals surface area contributed by atoms with Crippen LogP contribution < -0.4 is 10.6 Å². The van der Waals surface area contributed by atoms with E-state index in [1.54, 1.807) is 0 Å². The number of rotatable bonds is 8. The monoisotopic (exact) mass is 352 g/mol. The molecule has 0 aliphatic heterocycles. The van der Waals surface area contributed by atoms with Gasteiger partial charge in [-0.3, -0.25) is 4.79 Å². The van der Waals surface area contributed by atoms with Crippen LogP contribution in [0.1, 0.15) is 18.4 Å². The second-order valence-corrected chi connectivity index (χ2v) is 5.89. The second-order valence-electron chi connectivity index (χ2n) is 5.89. The van der Waals surface area contributed by atoms with E-state index in [-0.39, 0.29) is 18.4 Å². The highest BCUT2D eigenvalue weighted by atomic mass is 16.5. The van der Waals surface area contributed by atoms with Crippen LogP contribution in [0, 0.1) is 0 Å². The zero-order chi connectivity index (χ0) is 18.8. The van der Waals surface area contributed by atoms with Gasteiger partial charge in [-0.2, -0.15) is 0 Å². The van der Waals surface area contributed by atoms with E-state index in [0.717, 1.165) is 16.7 Å². The number of nitrogens with one attached hydrogen (secondary N) is 2. The van der Waals surface area contributed by atoms with Crippen molar-refractivity contribution in [3.05, 3.63) is 72.8 Å². The third kappa shape index (κ3) is 6.09. The summed E-state index contributed by atoms with van der Waals surface area (Å²) in [4.78, 5) is 22.9. The molecule has 136 valence electrons. The summed E-state index contributed by atoms with van der Waals surface area (Å²) < 4.78 is 4.92. The molecule has 0 aliphatic carbocycles. The molecule has 1 unspecified atom stereocenters. The fourth-order valence-corrected chi connectivity index (χ4v) is 2.55. The molecular formula is C21H24N2O3. The van der Waals surface area contributed by atoms with Crippen LogP contribution in [0.2, 0.25) is 0 Å². The van der Waals surface area contributed by atoms with Gasteiger partial charge in [-0.1, -0.05) is 67.3 Å². The third-order valence-electron chi connectivity index (χ3n) is 3.91. The van der Waals surface area contributed by atoms with Gasteiger partial charge in [0.1, 0.15) is 6.61 Å². The molecule has 26 heavy (non-hydrogen) atoms. The fraction of sp³-hybridized carbons (Fsp3) is 0.238. The van der Waals surface area contributed by atoms with Gasteiger partial charge in [-0.05, 0) is 16.7 Å². The average Bonchev–Trinajstić information content (AvgIpc) is 2.67. The lowest BCUT2D eigenvalue weighted by Crippen LogP contribution is -2.35. The molecule has 0 bridgehead atoms. The number of ether oxygens (including phenoxy) is 1. The minimum atomic E-state index is -0.501. The Morgan fingerprint density at radius 3 is 2.23 bits per heavy atom. The Labute approximate surface area is 154 Å². The molecule has 0 spiro atoms. The molecule has 0 saturated carbocycles. The van der Waals surface area contributed by atoms with Crippen molar-refractivity contribution in [2.24, 2.45) is 0 Å². The van der Waals surface area contributed by atoms with Gasteiger partial charge in [0, 0.05) is 25.9 Å². The van der Waals surface area contributed by atoms with Crippen LogP contribution in [0.25, 0.3) is 11.1 Å². The van der Waals surface area contributed by atoms with Crippen LogP contribution in [-0.2, 0) is 9.53 Å². The second kappa shape index (κ2) is 10.0. The molecule has 0 heterocycles. The lowest BCUT2D eigenvalue weighted by Gasteiger charge is -2.19. The molecule has 2 amide bonds. The first-order valence-corrected chi connectivity index (χ1v) is 8.51. The van der Waals surface area contributed by atoms with Crippen molar-refractivity contribution < 1.29 is 14.3 Å². The van der Waals surface area contributed by atoms with E-state index >= 15 is 0 Å². The van der Waals surface area contributed by atoms with Crippen molar-refractivity contribution >= 4 is 12.0 Å². The molecule has 2 aromatic rings. The van der Waals surface area contributed by atoms with Crippen molar-refractivity contribution in [3.8, 4) is 11.1 Å². The summed E-state index contributed by atoms with van der Waals surface area (Å²) in [6.07, 6.45) is 1.01. The number of carbonyl (C=O) groups excluding carboxylic acids is 2. The summed E-state index contributed by atoms with van der Waals surface area (Å²) in [6.45, 7) is 5.93. The SMILES string of the molecule is C=CCOC(=O)NCC(CNC(C)=O)c1ccc(-c2ccccc2)cc1. The highest BCUT2D eigenvalue weighted by molar-refractivity contribution is 5.73. The highest BCUT2D eigenvalue weighted by Crippen LogP contribution is 2.22. The quantitative estimate of drug-likeness (QED) is 0.715. The van der Waals surface area contributed by atoms with Crippen molar-refractivity contribution in [3.63, 3.8) is 0 Å².